The van der Waals surface area contributed by atoms with Crippen LogP contribution in [-0.2, 0) is 20.7 Å². The summed E-state index contributed by atoms with van der Waals surface area (Å²) in [6.07, 6.45) is 1.12. The van der Waals surface area contributed by atoms with Gasteiger partial charge in [-0.15, -0.1) is 11.8 Å². The summed E-state index contributed by atoms with van der Waals surface area (Å²) in [4.78, 5) is 26.4. The van der Waals surface area contributed by atoms with Gasteiger partial charge in [0.1, 0.15) is 11.4 Å². The van der Waals surface area contributed by atoms with E-state index in [1.165, 1.54) is 7.11 Å². The lowest BCUT2D eigenvalue weighted by Crippen LogP contribution is -2.54. The molecule has 0 aliphatic carbocycles. The highest BCUT2D eigenvalue weighted by atomic mass is 32.2. The fourth-order valence-corrected chi connectivity index (χ4v) is 4.41. The van der Waals surface area contributed by atoms with Crippen LogP contribution in [0.15, 0.2) is 24.3 Å². The Morgan fingerprint density at radius 2 is 2.19 bits per heavy atom. The lowest BCUT2D eigenvalue weighted by Gasteiger charge is -2.41. The first-order chi connectivity index (χ1) is 10.1. The number of amides is 1. The molecule has 3 atom stereocenters. The van der Waals surface area contributed by atoms with E-state index in [1.807, 2.05) is 24.3 Å². The summed E-state index contributed by atoms with van der Waals surface area (Å²) in [6.45, 7) is 0. The average molecular weight is 306 g/mol. The number of nitrogens with zero attached hydrogens (tertiary/aromatic N) is 1. The second-order valence-electron chi connectivity index (χ2n) is 5.31. The molecule has 0 saturated carbocycles. The van der Waals surface area contributed by atoms with Gasteiger partial charge in [0.25, 0.3) is 0 Å². The van der Waals surface area contributed by atoms with E-state index in [4.69, 9.17) is 10.5 Å². The van der Waals surface area contributed by atoms with Crippen molar-refractivity contribution in [1.29, 1.82) is 0 Å². The molecule has 21 heavy (non-hydrogen) atoms. The van der Waals surface area contributed by atoms with Crippen LogP contribution in [0, 0.1) is 0 Å². The maximum Gasteiger partial charge on any atom is 0.328 e. The third kappa shape index (κ3) is 2.42. The maximum atomic E-state index is 12.6. The van der Waals surface area contributed by atoms with Crippen LogP contribution >= 0.6 is 11.8 Å². The first kappa shape index (κ1) is 14.4. The Balaban J connectivity index is 2.08. The standard InChI is InChI=1S/C15H18N2O3S/c1-20-15(19)12-8-9-4-2-3-5-10(9)14-17(12)13(18)11(16)6-7-21-14/h2-5,11-12,14H,6-8,16H2,1H3/t11-,12-,14-/m0/s1. The van der Waals surface area contributed by atoms with Crippen LogP contribution in [0.1, 0.15) is 22.9 Å². The minimum Gasteiger partial charge on any atom is -0.467 e. The lowest BCUT2D eigenvalue weighted by molar-refractivity contribution is -0.154. The zero-order valence-electron chi connectivity index (χ0n) is 11.8. The van der Waals surface area contributed by atoms with E-state index < -0.39 is 12.1 Å². The molecular formula is C15H18N2O3S. The molecular weight excluding hydrogens is 288 g/mol. The van der Waals surface area contributed by atoms with Crippen molar-refractivity contribution in [2.75, 3.05) is 12.9 Å². The summed E-state index contributed by atoms with van der Waals surface area (Å²) in [5.41, 5.74) is 8.16. The number of benzene rings is 1. The summed E-state index contributed by atoms with van der Waals surface area (Å²) in [6, 6.07) is 6.83. The van der Waals surface area contributed by atoms with Crippen molar-refractivity contribution >= 4 is 23.6 Å². The molecule has 1 aromatic carbocycles. The van der Waals surface area contributed by atoms with Crippen LogP contribution < -0.4 is 5.73 Å². The number of carbonyl (C=O) groups is 2. The van der Waals surface area contributed by atoms with Crippen molar-refractivity contribution in [3.05, 3.63) is 35.4 Å². The largest absolute Gasteiger partial charge is 0.467 e. The van der Waals surface area contributed by atoms with Gasteiger partial charge in [0, 0.05) is 6.42 Å². The molecule has 2 aliphatic heterocycles. The molecule has 5 nitrogen and oxygen atoms in total. The van der Waals surface area contributed by atoms with Gasteiger partial charge >= 0.3 is 5.97 Å². The third-order valence-corrected chi connectivity index (χ3v) is 5.34. The van der Waals surface area contributed by atoms with E-state index in [0.717, 1.165) is 16.9 Å². The molecule has 2 N–H and O–H groups in total. The Morgan fingerprint density at radius 3 is 2.95 bits per heavy atom. The fourth-order valence-electron chi connectivity index (χ4n) is 2.97. The molecule has 1 aromatic rings. The average Bonchev–Trinajstić information content (AvgIpc) is 2.66. The van der Waals surface area contributed by atoms with Crippen LogP contribution in [0.5, 0.6) is 0 Å². The number of nitrogens with two attached hydrogens (primary N) is 1. The van der Waals surface area contributed by atoms with E-state index in [9.17, 15) is 9.59 Å². The zero-order chi connectivity index (χ0) is 15.0. The Morgan fingerprint density at radius 1 is 1.43 bits per heavy atom. The highest BCUT2D eigenvalue weighted by molar-refractivity contribution is 7.99. The molecule has 1 amide bonds. The second kappa shape index (κ2) is 5.69. The smallest absolute Gasteiger partial charge is 0.328 e. The number of rotatable bonds is 1. The Labute approximate surface area is 127 Å². The van der Waals surface area contributed by atoms with Crippen molar-refractivity contribution in [3.63, 3.8) is 0 Å². The predicted octanol–water partition coefficient (Wildman–Crippen LogP) is 1.08. The van der Waals surface area contributed by atoms with Crippen molar-refractivity contribution < 1.29 is 14.3 Å². The molecule has 2 heterocycles. The Hall–Kier alpha value is -1.53. The molecule has 1 fully saturated rings. The molecule has 3 rings (SSSR count). The highest BCUT2D eigenvalue weighted by Gasteiger charge is 2.44. The molecule has 6 heteroatoms. The summed E-state index contributed by atoms with van der Waals surface area (Å²) in [5, 5.41) is -0.153. The second-order valence-corrected chi connectivity index (χ2v) is 6.49. The number of thioether (sulfide) groups is 1. The van der Waals surface area contributed by atoms with Gasteiger partial charge < -0.3 is 15.4 Å². The van der Waals surface area contributed by atoms with Gasteiger partial charge in [0.15, 0.2) is 0 Å². The molecule has 0 unspecified atom stereocenters. The van der Waals surface area contributed by atoms with Gasteiger partial charge in [-0.25, -0.2) is 4.79 Å². The van der Waals surface area contributed by atoms with Crippen LogP contribution in [0.4, 0.5) is 0 Å². The highest BCUT2D eigenvalue weighted by Crippen LogP contribution is 2.43. The minimum atomic E-state index is -0.584. The number of hydrogen-bond acceptors (Lipinski definition) is 5. The summed E-state index contributed by atoms with van der Waals surface area (Å²) in [7, 11) is 1.35. The predicted molar refractivity (Wildman–Crippen MR) is 80.6 cm³/mol. The number of ether oxygens (including phenoxy) is 1. The van der Waals surface area contributed by atoms with Gasteiger partial charge in [-0.1, -0.05) is 24.3 Å². The van der Waals surface area contributed by atoms with Gasteiger partial charge in [-0.2, -0.15) is 0 Å². The number of esters is 1. The van der Waals surface area contributed by atoms with Crippen LogP contribution in [0.2, 0.25) is 0 Å². The van der Waals surface area contributed by atoms with E-state index in [2.05, 4.69) is 0 Å². The van der Waals surface area contributed by atoms with E-state index >= 15 is 0 Å². The Kier molecular flexibility index (Phi) is 3.91. The van der Waals surface area contributed by atoms with E-state index in [-0.39, 0.29) is 17.3 Å². The molecule has 112 valence electrons. The van der Waals surface area contributed by atoms with Gasteiger partial charge in [0.05, 0.1) is 13.2 Å². The topological polar surface area (TPSA) is 72.6 Å². The van der Waals surface area contributed by atoms with Gasteiger partial charge in [-0.3, -0.25) is 4.79 Å². The first-order valence-electron chi connectivity index (χ1n) is 6.98. The van der Waals surface area contributed by atoms with Gasteiger partial charge in [0.2, 0.25) is 5.91 Å². The molecule has 1 saturated heterocycles. The van der Waals surface area contributed by atoms with Crippen molar-refractivity contribution in [2.24, 2.45) is 5.73 Å². The summed E-state index contributed by atoms with van der Waals surface area (Å²) < 4.78 is 4.90. The van der Waals surface area contributed by atoms with Crippen molar-refractivity contribution in [2.45, 2.75) is 30.3 Å². The number of carbonyl (C=O) groups excluding carboxylic acids is 2. The number of hydrogen-bond donors (Lipinski definition) is 1. The minimum absolute atomic E-state index is 0.153. The van der Waals surface area contributed by atoms with E-state index in [0.29, 0.717) is 12.8 Å². The van der Waals surface area contributed by atoms with Crippen molar-refractivity contribution in [1.82, 2.24) is 4.90 Å². The fraction of sp³-hybridized carbons (Fsp3) is 0.467. The molecule has 0 aromatic heterocycles. The molecule has 0 spiro atoms. The van der Waals surface area contributed by atoms with E-state index in [1.54, 1.807) is 16.7 Å². The zero-order valence-corrected chi connectivity index (χ0v) is 12.6. The molecule has 0 radical (unpaired) electrons. The summed E-state index contributed by atoms with van der Waals surface area (Å²) >= 11 is 1.67. The Bertz CT molecular complexity index is 578. The first-order valence-corrected chi connectivity index (χ1v) is 8.03. The number of methoxy groups -OCH3 is 1. The quantitative estimate of drug-likeness (QED) is 0.786. The maximum absolute atomic E-state index is 12.6. The van der Waals surface area contributed by atoms with Crippen LogP contribution in [-0.4, -0.2) is 41.7 Å². The lowest BCUT2D eigenvalue weighted by atomic mass is 9.93. The monoisotopic (exact) mass is 306 g/mol. The SMILES string of the molecule is COC(=O)[C@@H]1Cc2ccccc2[C@@H]2SCC[C@H](N)C(=O)N12. The van der Waals surface area contributed by atoms with Gasteiger partial charge in [-0.05, 0) is 23.3 Å². The van der Waals surface area contributed by atoms with Crippen molar-refractivity contribution in [3.8, 4) is 0 Å². The normalized spacial score (nSPS) is 28.4. The third-order valence-electron chi connectivity index (χ3n) is 4.07. The summed E-state index contributed by atoms with van der Waals surface area (Å²) in [5.74, 6) is 0.267. The molecule has 0 bridgehead atoms. The molecule has 2 aliphatic rings. The van der Waals surface area contributed by atoms with Crippen LogP contribution in [0.3, 0.4) is 0 Å². The van der Waals surface area contributed by atoms with Crippen LogP contribution in [0.25, 0.3) is 0 Å². The number of fused-ring (bicyclic) bond motifs is 3.